The van der Waals surface area contributed by atoms with Crippen LogP contribution in [-0.2, 0) is 0 Å². The molecule has 0 unspecified atom stereocenters. The molecule has 0 atom stereocenters. The van der Waals surface area contributed by atoms with Crippen LogP contribution >= 0.6 is 0 Å². The molecule has 3 rings (SSSR count). The van der Waals surface area contributed by atoms with Gasteiger partial charge in [0.05, 0.1) is 4.92 Å². The molecule has 0 spiro atoms. The molecule has 0 saturated heterocycles. The van der Waals surface area contributed by atoms with Gasteiger partial charge in [-0.2, -0.15) is 4.79 Å². The number of non-ortho nitro benzene ring substituents is 1. The van der Waals surface area contributed by atoms with Gasteiger partial charge in [0, 0.05) is 17.7 Å². The Morgan fingerprint density at radius 2 is 1.74 bits per heavy atom. The average Bonchev–Trinajstić information content (AvgIpc) is 2.82. The molecule has 0 aliphatic carbocycles. The third kappa shape index (κ3) is 2.77. The maximum atomic E-state index is 12.3. The fraction of sp³-hybridized carbons (Fsp3) is 0. The highest BCUT2D eigenvalue weighted by Crippen LogP contribution is 2.22. The van der Waals surface area contributed by atoms with Crippen molar-refractivity contribution in [3.63, 3.8) is 0 Å². The molecule has 0 fully saturated rings. The molecule has 0 aromatic heterocycles. The molecular weight excluding hydrogens is 300 g/mol. The largest absolute Gasteiger partial charge is 0.824 e. The van der Waals surface area contributed by atoms with Gasteiger partial charge in [-0.05, 0) is 17.2 Å². The van der Waals surface area contributed by atoms with E-state index in [1.807, 2.05) is 6.07 Å². The van der Waals surface area contributed by atoms with E-state index in [-0.39, 0.29) is 11.4 Å². The number of hydrogen-bond acceptors (Lipinski definition) is 5. The van der Waals surface area contributed by atoms with Gasteiger partial charge in [0.15, 0.2) is 0 Å². The van der Waals surface area contributed by atoms with Gasteiger partial charge in [-0.15, -0.1) is 4.90 Å². The van der Waals surface area contributed by atoms with E-state index in [9.17, 15) is 20.0 Å². The molecule has 8 heteroatoms. The second-order valence-electron chi connectivity index (χ2n) is 4.66. The number of nitro benzene ring substituents is 1. The summed E-state index contributed by atoms with van der Waals surface area (Å²) in [6, 6.07) is 12.6. The lowest BCUT2D eigenvalue weighted by Crippen LogP contribution is -2.40. The number of amidine groups is 1. The van der Waals surface area contributed by atoms with Crippen LogP contribution in [0, 0.1) is 10.1 Å². The van der Waals surface area contributed by atoms with Gasteiger partial charge < -0.3 is 5.11 Å². The Morgan fingerprint density at radius 1 is 1.09 bits per heavy atom. The third-order valence-corrected chi connectivity index (χ3v) is 3.16. The summed E-state index contributed by atoms with van der Waals surface area (Å²) in [5.41, 5.74) is 0.804. The molecule has 0 saturated carbocycles. The van der Waals surface area contributed by atoms with Crippen molar-refractivity contribution in [1.29, 1.82) is 0 Å². The lowest BCUT2D eigenvalue weighted by atomic mass is 10.2. The minimum absolute atomic E-state index is 0.127. The highest BCUT2D eigenvalue weighted by atomic mass is 16.6. The molecule has 8 nitrogen and oxygen atoms in total. The van der Waals surface area contributed by atoms with Crippen LogP contribution in [-0.4, -0.2) is 27.9 Å². The normalized spacial score (nSPS) is 15.8. The van der Waals surface area contributed by atoms with Crippen LogP contribution in [0.25, 0.3) is 0 Å². The highest BCUT2D eigenvalue weighted by Gasteiger charge is 2.36. The fourth-order valence-electron chi connectivity index (χ4n) is 2.07. The highest BCUT2D eigenvalue weighted by molar-refractivity contribution is 6.12. The van der Waals surface area contributed by atoms with Crippen molar-refractivity contribution in [1.82, 2.24) is 0 Å². The maximum Gasteiger partial charge on any atom is 0.529 e. The fourth-order valence-corrected chi connectivity index (χ4v) is 2.07. The standard InChI is InChI=1S/C15H10N4O4/c20-14-16-17(10-11-4-2-1-3-5-11)15(21)18(14)12-6-8-13(9-7-12)19(22)23/h1-10H/b17-10-. The first-order chi connectivity index (χ1) is 11.1. The molecule has 0 bridgehead atoms. The van der Waals surface area contributed by atoms with E-state index in [0.29, 0.717) is 5.56 Å². The van der Waals surface area contributed by atoms with E-state index >= 15 is 0 Å². The van der Waals surface area contributed by atoms with E-state index in [2.05, 4.69) is 5.10 Å². The second-order valence-corrected chi connectivity index (χ2v) is 4.66. The number of hydrogen-bond donors (Lipinski definition) is 0. The summed E-state index contributed by atoms with van der Waals surface area (Å²) in [5, 5.41) is 26.3. The Bertz CT molecular complexity index is 828. The van der Waals surface area contributed by atoms with Crippen molar-refractivity contribution in [3.8, 4) is 0 Å². The molecule has 0 N–H and O–H groups in total. The number of benzene rings is 2. The summed E-state index contributed by atoms with van der Waals surface area (Å²) in [6.45, 7) is 0. The van der Waals surface area contributed by atoms with E-state index in [0.717, 1.165) is 9.58 Å². The molecule has 2 aromatic carbocycles. The average molecular weight is 310 g/mol. The van der Waals surface area contributed by atoms with E-state index in [4.69, 9.17) is 0 Å². The van der Waals surface area contributed by atoms with Gasteiger partial charge in [-0.25, -0.2) is 0 Å². The Labute approximate surface area is 130 Å². The first-order valence-corrected chi connectivity index (χ1v) is 6.59. The van der Waals surface area contributed by atoms with Crippen LogP contribution < -0.4 is 10.0 Å². The van der Waals surface area contributed by atoms with Crippen molar-refractivity contribution in [2.24, 2.45) is 5.10 Å². The topological polar surface area (TPSA) is 102 Å². The van der Waals surface area contributed by atoms with Crippen molar-refractivity contribution in [3.05, 3.63) is 70.3 Å². The number of urea groups is 1. The molecule has 1 aliphatic heterocycles. The Kier molecular flexibility index (Phi) is 3.55. The lowest BCUT2D eigenvalue weighted by Gasteiger charge is -2.10. The van der Waals surface area contributed by atoms with Gasteiger partial charge in [-0.1, -0.05) is 35.0 Å². The quantitative estimate of drug-likeness (QED) is 0.484. The number of anilines is 1. The minimum Gasteiger partial charge on any atom is -0.824 e. The first-order valence-electron chi connectivity index (χ1n) is 6.59. The molecule has 1 heterocycles. The van der Waals surface area contributed by atoms with Crippen LogP contribution in [0.4, 0.5) is 16.2 Å². The van der Waals surface area contributed by atoms with Crippen LogP contribution in [0.15, 0.2) is 59.7 Å². The molecule has 23 heavy (non-hydrogen) atoms. The first kappa shape index (κ1) is 14.4. The zero-order chi connectivity index (χ0) is 16.4. The van der Waals surface area contributed by atoms with Gasteiger partial charge in [-0.3, -0.25) is 10.1 Å². The number of carbonyl (C=O) groups excluding carboxylic acids is 1. The summed E-state index contributed by atoms with van der Waals surface area (Å²) in [4.78, 5) is 23.2. The number of carbonyl (C=O) groups is 1. The van der Waals surface area contributed by atoms with Gasteiger partial charge in [0.2, 0.25) is 6.02 Å². The van der Waals surface area contributed by atoms with E-state index in [1.54, 1.807) is 24.3 Å². The van der Waals surface area contributed by atoms with Gasteiger partial charge in [0.1, 0.15) is 11.9 Å². The minimum atomic E-state index is -0.754. The molecular formula is C15H10N4O4. The van der Waals surface area contributed by atoms with Crippen LogP contribution in [0.3, 0.4) is 0 Å². The maximum absolute atomic E-state index is 12.3. The van der Waals surface area contributed by atoms with Crippen LogP contribution in [0.5, 0.6) is 0 Å². The third-order valence-electron chi connectivity index (χ3n) is 3.16. The Hall–Kier alpha value is -3.55. The number of nitro groups is 1. The zero-order valence-corrected chi connectivity index (χ0v) is 11.7. The molecule has 0 radical (unpaired) electrons. The molecule has 2 amide bonds. The van der Waals surface area contributed by atoms with Crippen LogP contribution in [0.1, 0.15) is 5.56 Å². The molecule has 2 aromatic rings. The smallest absolute Gasteiger partial charge is 0.529 e. The summed E-state index contributed by atoms with van der Waals surface area (Å²) in [6.07, 6.45) is 1.44. The number of rotatable bonds is 3. The van der Waals surface area contributed by atoms with Gasteiger partial charge >= 0.3 is 6.03 Å². The van der Waals surface area contributed by atoms with Gasteiger partial charge in [0.25, 0.3) is 5.69 Å². The predicted octanol–water partition coefficient (Wildman–Crippen LogP) is 1.30. The number of hydrazone groups is 1. The Balaban J connectivity index is 1.91. The van der Waals surface area contributed by atoms with Crippen molar-refractivity contribution in [2.75, 3.05) is 4.90 Å². The summed E-state index contributed by atoms with van der Waals surface area (Å²) in [5.74, 6) is 0. The summed E-state index contributed by atoms with van der Waals surface area (Å²) < 4.78 is 0.944. The van der Waals surface area contributed by atoms with Crippen molar-refractivity contribution in [2.45, 2.75) is 0 Å². The zero-order valence-electron chi connectivity index (χ0n) is 11.7. The van der Waals surface area contributed by atoms with Crippen molar-refractivity contribution >= 4 is 29.6 Å². The number of amides is 2. The van der Waals surface area contributed by atoms with E-state index in [1.165, 1.54) is 30.5 Å². The number of nitrogens with zero attached hydrogens (tertiary/aromatic N) is 4. The summed E-state index contributed by atoms with van der Waals surface area (Å²) >= 11 is 0. The van der Waals surface area contributed by atoms with Crippen molar-refractivity contribution < 1.29 is 19.5 Å². The monoisotopic (exact) mass is 310 g/mol. The second kappa shape index (κ2) is 5.68. The Morgan fingerprint density at radius 3 is 2.35 bits per heavy atom. The molecule has 114 valence electrons. The molecule has 1 aliphatic rings. The lowest BCUT2D eigenvalue weighted by molar-refractivity contribution is -0.422. The predicted molar refractivity (Wildman–Crippen MR) is 80.3 cm³/mol. The van der Waals surface area contributed by atoms with Crippen LogP contribution in [0.2, 0.25) is 0 Å². The van der Waals surface area contributed by atoms with E-state index < -0.39 is 17.0 Å². The SMILES string of the molecule is O=C1N(c2ccc([N+](=O)[O-])cc2)C([O-])=N/[N+]1=C\c1ccccc1. The summed E-state index contributed by atoms with van der Waals surface area (Å²) in [7, 11) is 0.